The summed E-state index contributed by atoms with van der Waals surface area (Å²) in [6.07, 6.45) is -2.81. The molecule has 0 bridgehead atoms. The van der Waals surface area contributed by atoms with Gasteiger partial charge in [-0.3, -0.25) is 4.79 Å². The largest absolute Gasteiger partial charge is 0.474 e. The number of anilines is 2. The standard InChI is InChI=1S/C39H49F3N4O7.C31H37F3N4O7.C8H14O/c1-10-12-21-38(39(40,41)42,49-24-27-17-14-13-15-18-27)33-45-44-32(51-33)30-29(46(34(47)52-36(4,5)6)35(48)53-37(7,8)9)22-25(3)31(43-30)50-28(16-11-2)23-26-19-20-26;1-9-10-16-30(31(32,33)34,42-18-20-14-12-11-13-15-20)25-37-36-24(43-25)22-21(17-19(2)23(39)35-22)38(26(40)44-28(3,4)5)27(41)45-29(6,7)8;1-2-3-8(9)6-7-4-5-7/h10-11,13-15,17-18,22,26,28H,1-2,12,16,19-21,23-24H2,3-9H3;9,11-15,17H,1,10,16,18H2,2-8H3,(H,35,39);2,7-9H,1,3-6H2/t28?,38-;30-;/m11./s1. The van der Waals surface area contributed by atoms with Gasteiger partial charge in [-0.05, 0) is 177 Å². The van der Waals surface area contributed by atoms with Crippen molar-refractivity contribution >= 4 is 35.7 Å². The van der Waals surface area contributed by atoms with E-state index in [1.54, 1.807) is 163 Å². The van der Waals surface area contributed by atoms with Crippen LogP contribution in [-0.4, -0.2) is 107 Å². The Morgan fingerprint density at radius 1 is 0.561 bits per heavy atom. The number of aromatic nitrogens is 6. The Morgan fingerprint density at radius 3 is 1.35 bits per heavy atom. The first kappa shape index (κ1) is 86.4. The van der Waals surface area contributed by atoms with E-state index >= 15 is 13.2 Å². The number of amides is 4. The fourth-order valence-corrected chi connectivity index (χ4v) is 10.4. The Hall–Kier alpha value is -9.48. The Balaban J connectivity index is 0.000000302. The second-order valence-electron chi connectivity index (χ2n) is 30.1. The molecule has 2 unspecified atom stereocenters. The number of pyridine rings is 2. The van der Waals surface area contributed by atoms with Gasteiger partial charge in [-0.1, -0.05) is 111 Å². The summed E-state index contributed by atoms with van der Waals surface area (Å²) in [4.78, 5) is 75.2. The Morgan fingerprint density at radius 2 is 0.953 bits per heavy atom. The maximum Gasteiger partial charge on any atom is 0.426 e. The van der Waals surface area contributed by atoms with Crippen molar-refractivity contribution in [2.24, 2.45) is 11.8 Å². The van der Waals surface area contributed by atoms with Crippen molar-refractivity contribution in [1.82, 2.24) is 30.4 Å². The molecule has 0 aliphatic heterocycles. The molecule has 4 amide bonds. The third-order valence-electron chi connectivity index (χ3n) is 15.8. The lowest BCUT2D eigenvalue weighted by Crippen LogP contribution is -2.45. The Labute approximate surface area is 620 Å². The molecule has 2 aromatic carbocycles. The molecule has 2 aliphatic carbocycles. The smallest absolute Gasteiger partial charge is 0.426 e. The highest BCUT2D eigenvalue weighted by Gasteiger charge is 2.62. The van der Waals surface area contributed by atoms with Crippen molar-refractivity contribution in [3.8, 4) is 29.0 Å². The van der Waals surface area contributed by atoms with Gasteiger partial charge in [0.25, 0.3) is 29.1 Å². The van der Waals surface area contributed by atoms with Gasteiger partial charge in [0, 0.05) is 17.5 Å². The summed E-state index contributed by atoms with van der Waals surface area (Å²) in [7, 11) is 0. The van der Waals surface area contributed by atoms with Gasteiger partial charge in [0.15, 0.2) is 5.69 Å². The molecule has 2 fully saturated rings. The van der Waals surface area contributed by atoms with Crippen LogP contribution in [0.15, 0.2) is 137 Å². The normalized spacial score (nSPS) is 15.0. The van der Waals surface area contributed by atoms with Crippen molar-refractivity contribution in [3.63, 3.8) is 0 Å². The lowest BCUT2D eigenvalue weighted by atomic mass is 9.96. The SMILES string of the molecule is C=CCC(O)CC1CC1.C=CCC[C@@](OCc1ccccc1)(c1nnc(-c2[nH]c(=O)c(C)cc2N(C(=O)OC(C)(C)C)C(=O)OC(C)(C)C)o1)C(F)(F)F.C=CCC[C@@](OCc1ccccc1)(c1nnc(-c2nc(OC(CC=C)CC3CC3)c(C)cc2N(C(=O)OC(C)(C)C)C(=O)OC(C)(C)C)o1)C(F)(F)F. The number of carbonyl (C=O) groups is 4. The molecule has 6 aromatic rings. The van der Waals surface area contributed by atoms with Crippen LogP contribution in [0.1, 0.15) is 194 Å². The number of carbonyl (C=O) groups excluding carboxylic acids is 4. The van der Waals surface area contributed by atoms with Crippen LogP contribution < -0.4 is 20.1 Å². The monoisotopic (exact) mass is 1500 g/mol. The number of aliphatic hydroxyl groups is 1. The molecule has 8 rings (SSSR count). The van der Waals surface area contributed by atoms with Gasteiger partial charge in [-0.2, -0.15) is 36.1 Å². The summed E-state index contributed by atoms with van der Waals surface area (Å²) in [5.74, 6) is -1.66. The zero-order chi connectivity index (χ0) is 79.7. The summed E-state index contributed by atoms with van der Waals surface area (Å²) in [5.41, 5.74) is -11.1. The molecule has 0 saturated heterocycles. The Kier molecular flexibility index (Phi) is 29.4. The maximum atomic E-state index is 15.2. The Bertz CT molecular complexity index is 3990. The van der Waals surface area contributed by atoms with Crippen LogP contribution in [-0.2, 0) is 52.8 Å². The molecule has 2 N–H and O–H groups in total. The van der Waals surface area contributed by atoms with E-state index in [2.05, 4.69) is 56.7 Å². The minimum atomic E-state index is -5.04. The number of allylic oxidation sites excluding steroid dienone is 2. The number of hydrogen-bond donors (Lipinski definition) is 2. The highest BCUT2D eigenvalue weighted by Crippen LogP contribution is 2.49. The molecule has 4 aromatic heterocycles. The molecule has 0 radical (unpaired) electrons. The first-order chi connectivity index (χ1) is 49.9. The van der Waals surface area contributed by atoms with E-state index in [0.717, 1.165) is 44.1 Å². The van der Waals surface area contributed by atoms with Gasteiger partial charge in [0.05, 0.1) is 30.7 Å². The summed E-state index contributed by atoms with van der Waals surface area (Å²) in [6, 6.07) is 19.1. The van der Waals surface area contributed by atoms with E-state index < -0.39 is 131 Å². The lowest BCUT2D eigenvalue weighted by molar-refractivity contribution is -0.299. The fraction of sp³-hybridized carbons (Fsp3) is 0.513. The van der Waals surface area contributed by atoms with Gasteiger partial charge in [0.1, 0.15) is 34.2 Å². The van der Waals surface area contributed by atoms with E-state index in [4.69, 9.17) is 42.0 Å². The highest BCUT2D eigenvalue weighted by atomic mass is 19.4. The fourth-order valence-electron chi connectivity index (χ4n) is 10.4. The molecule has 2 saturated carbocycles. The van der Waals surface area contributed by atoms with Crippen molar-refractivity contribution in [1.29, 1.82) is 0 Å². The first-order valence-electron chi connectivity index (χ1n) is 35.1. The number of rotatable bonds is 28. The van der Waals surface area contributed by atoms with Crippen LogP contribution in [0.25, 0.3) is 23.2 Å². The van der Waals surface area contributed by atoms with E-state index in [1.165, 1.54) is 38.0 Å². The summed E-state index contributed by atoms with van der Waals surface area (Å²) in [5, 5.41) is 24.5. The summed E-state index contributed by atoms with van der Waals surface area (Å²) >= 11 is 0. The summed E-state index contributed by atoms with van der Waals surface area (Å²) < 4.78 is 141. The van der Waals surface area contributed by atoms with Crippen LogP contribution in [0.5, 0.6) is 5.88 Å². The van der Waals surface area contributed by atoms with Crippen molar-refractivity contribution in [2.45, 2.75) is 245 Å². The van der Waals surface area contributed by atoms with Gasteiger partial charge in [0.2, 0.25) is 17.1 Å². The quantitative estimate of drug-likeness (QED) is 0.0262. The minimum Gasteiger partial charge on any atom is -0.474 e. The lowest BCUT2D eigenvalue weighted by Gasteiger charge is -2.32. The molecule has 0 spiro atoms. The van der Waals surface area contributed by atoms with Gasteiger partial charge < -0.3 is 52.1 Å². The first-order valence-corrected chi connectivity index (χ1v) is 35.1. The zero-order valence-electron chi connectivity index (χ0n) is 63.3. The molecule has 584 valence electrons. The number of nitrogens with one attached hydrogen (secondary N) is 1. The van der Waals surface area contributed by atoms with Crippen LogP contribution in [0.4, 0.5) is 56.9 Å². The van der Waals surface area contributed by atoms with E-state index in [0.29, 0.717) is 38.8 Å². The highest BCUT2D eigenvalue weighted by molar-refractivity contribution is 6.12. The average molecular weight is 1500 g/mol. The molecular formula is C78H100F6N8O15. The van der Waals surface area contributed by atoms with E-state index in [9.17, 15) is 42.3 Å². The number of benzene rings is 2. The van der Waals surface area contributed by atoms with E-state index in [1.807, 2.05) is 0 Å². The zero-order valence-corrected chi connectivity index (χ0v) is 63.3. The number of aliphatic hydroxyl groups excluding tert-OH is 1. The number of aromatic amines is 1. The number of ether oxygens (including phenoxy) is 7. The van der Waals surface area contributed by atoms with Crippen molar-refractivity contribution in [3.05, 3.63) is 168 Å². The molecular weight excluding hydrogens is 1400 g/mol. The number of halogens is 6. The van der Waals surface area contributed by atoms with Gasteiger partial charge in [-0.15, -0.1) is 46.7 Å². The molecule has 2 aliphatic rings. The van der Waals surface area contributed by atoms with Crippen molar-refractivity contribution < 1.29 is 92.6 Å². The minimum absolute atomic E-state index is 0.0485. The number of hydrogen-bond acceptors (Lipinski definition) is 20. The topological polar surface area (TPSA) is 283 Å². The average Bonchev–Trinajstić information content (AvgIpc) is 1.74. The second kappa shape index (κ2) is 36.4. The predicted octanol–water partition coefficient (Wildman–Crippen LogP) is 19.3. The van der Waals surface area contributed by atoms with Gasteiger partial charge >= 0.3 is 36.7 Å². The number of nitrogens with zero attached hydrogens (tertiary/aromatic N) is 7. The van der Waals surface area contributed by atoms with Crippen LogP contribution in [0, 0.1) is 25.7 Å². The number of aryl methyl sites for hydroxylation is 2. The predicted molar refractivity (Wildman–Crippen MR) is 389 cm³/mol. The number of H-pyrrole nitrogens is 1. The molecule has 4 atom stereocenters. The molecule has 23 nitrogen and oxygen atoms in total. The van der Waals surface area contributed by atoms with Crippen LogP contribution in [0.3, 0.4) is 0 Å². The van der Waals surface area contributed by atoms with Crippen LogP contribution >= 0.6 is 0 Å². The number of alkyl halides is 6. The molecule has 4 heterocycles. The van der Waals surface area contributed by atoms with Crippen molar-refractivity contribution in [2.75, 3.05) is 9.80 Å². The second-order valence-corrected chi connectivity index (χ2v) is 30.1. The third-order valence-corrected chi connectivity index (χ3v) is 15.8. The number of imide groups is 2. The maximum absolute atomic E-state index is 15.2. The van der Waals surface area contributed by atoms with Gasteiger partial charge in [-0.25, -0.2) is 24.2 Å². The summed E-state index contributed by atoms with van der Waals surface area (Å²) in [6.45, 7) is 35.7. The molecule has 29 heteroatoms. The van der Waals surface area contributed by atoms with E-state index in [-0.39, 0.29) is 53.6 Å². The molecule has 107 heavy (non-hydrogen) atoms. The third kappa shape index (κ3) is 25.3. The van der Waals surface area contributed by atoms with Crippen LogP contribution in [0.2, 0.25) is 0 Å².